The molecule has 1 rings (SSSR count). The van der Waals surface area contributed by atoms with Gasteiger partial charge in [-0.15, -0.1) is 6.58 Å². The van der Waals surface area contributed by atoms with Gasteiger partial charge in [-0.3, -0.25) is 11.3 Å². The third-order valence-corrected chi connectivity index (χ3v) is 2.74. The van der Waals surface area contributed by atoms with Crippen LogP contribution in [0, 0.1) is 5.82 Å². The van der Waals surface area contributed by atoms with E-state index in [0.717, 1.165) is 12.8 Å². The minimum atomic E-state index is -0.358. The normalized spacial score (nSPS) is 12.4. The highest BCUT2D eigenvalue weighted by Crippen LogP contribution is 2.19. The molecule has 1 atom stereocenters. The molecule has 0 saturated carbocycles. The third kappa shape index (κ3) is 3.59. The zero-order valence-electron chi connectivity index (χ0n) is 9.05. The number of halogens is 2. The molecular formula is C12H16ClFN2. The molecule has 16 heavy (non-hydrogen) atoms. The van der Waals surface area contributed by atoms with Gasteiger partial charge < -0.3 is 0 Å². The zero-order valence-corrected chi connectivity index (χ0v) is 9.80. The van der Waals surface area contributed by atoms with E-state index in [1.165, 1.54) is 6.07 Å². The first kappa shape index (κ1) is 13.2. The fraction of sp³-hybridized carbons (Fsp3) is 0.333. The van der Waals surface area contributed by atoms with E-state index in [4.69, 9.17) is 17.4 Å². The summed E-state index contributed by atoms with van der Waals surface area (Å²) in [5.74, 6) is 5.05. The van der Waals surface area contributed by atoms with Gasteiger partial charge in [-0.05, 0) is 30.9 Å². The van der Waals surface area contributed by atoms with Crippen LogP contribution in [-0.2, 0) is 6.42 Å². The first-order chi connectivity index (χ1) is 7.69. The number of nitrogens with two attached hydrogens (primary N) is 1. The van der Waals surface area contributed by atoms with Gasteiger partial charge in [0.15, 0.2) is 0 Å². The summed E-state index contributed by atoms with van der Waals surface area (Å²) < 4.78 is 13.6. The lowest BCUT2D eigenvalue weighted by atomic mass is 10.0. The van der Waals surface area contributed by atoms with Gasteiger partial charge in [0.2, 0.25) is 0 Å². The van der Waals surface area contributed by atoms with E-state index in [-0.39, 0.29) is 16.9 Å². The van der Waals surface area contributed by atoms with E-state index in [1.54, 1.807) is 12.1 Å². The number of hydrogen-bond donors (Lipinski definition) is 2. The molecule has 0 aliphatic rings. The van der Waals surface area contributed by atoms with Crippen LogP contribution in [0.2, 0.25) is 5.02 Å². The molecule has 1 aromatic rings. The lowest BCUT2D eigenvalue weighted by Gasteiger charge is -2.15. The van der Waals surface area contributed by atoms with Crippen molar-refractivity contribution in [2.45, 2.75) is 25.3 Å². The second-order valence-corrected chi connectivity index (χ2v) is 4.05. The van der Waals surface area contributed by atoms with Gasteiger partial charge >= 0.3 is 0 Å². The number of benzene rings is 1. The molecule has 0 spiro atoms. The Balaban J connectivity index is 2.69. The van der Waals surface area contributed by atoms with Crippen LogP contribution < -0.4 is 11.3 Å². The molecule has 4 heteroatoms. The van der Waals surface area contributed by atoms with Crippen molar-refractivity contribution >= 4 is 11.6 Å². The average Bonchev–Trinajstić information content (AvgIpc) is 2.30. The number of hydrogen-bond acceptors (Lipinski definition) is 2. The van der Waals surface area contributed by atoms with E-state index in [9.17, 15) is 4.39 Å². The maximum absolute atomic E-state index is 13.6. The fourth-order valence-corrected chi connectivity index (χ4v) is 1.73. The molecule has 88 valence electrons. The van der Waals surface area contributed by atoms with Gasteiger partial charge in [-0.1, -0.05) is 29.8 Å². The minimum absolute atomic E-state index is 0.0333. The number of rotatable bonds is 6. The topological polar surface area (TPSA) is 38.0 Å². The maximum atomic E-state index is 13.6. The van der Waals surface area contributed by atoms with Crippen molar-refractivity contribution in [1.29, 1.82) is 0 Å². The first-order valence-electron chi connectivity index (χ1n) is 5.19. The quantitative estimate of drug-likeness (QED) is 0.457. The Morgan fingerprint density at radius 3 is 2.94 bits per heavy atom. The van der Waals surface area contributed by atoms with Gasteiger partial charge in [-0.2, -0.15) is 0 Å². The highest BCUT2D eigenvalue weighted by atomic mass is 35.5. The molecule has 3 N–H and O–H groups in total. The smallest absolute Gasteiger partial charge is 0.145 e. The Kier molecular flexibility index (Phi) is 5.46. The molecule has 0 aliphatic heterocycles. The molecule has 0 amide bonds. The number of hydrazine groups is 1. The second-order valence-electron chi connectivity index (χ2n) is 3.65. The second kappa shape index (κ2) is 6.63. The maximum Gasteiger partial charge on any atom is 0.145 e. The summed E-state index contributed by atoms with van der Waals surface area (Å²) in [6.45, 7) is 3.64. The van der Waals surface area contributed by atoms with Crippen LogP contribution in [0.25, 0.3) is 0 Å². The highest BCUT2D eigenvalue weighted by molar-refractivity contribution is 6.30. The predicted molar refractivity (Wildman–Crippen MR) is 65.7 cm³/mol. The van der Waals surface area contributed by atoms with E-state index in [0.29, 0.717) is 12.0 Å². The Hall–Kier alpha value is -0.900. The largest absolute Gasteiger partial charge is 0.271 e. The molecule has 2 nitrogen and oxygen atoms in total. The van der Waals surface area contributed by atoms with Crippen LogP contribution in [0.4, 0.5) is 4.39 Å². The van der Waals surface area contributed by atoms with Gasteiger partial charge in [0, 0.05) is 6.04 Å². The van der Waals surface area contributed by atoms with Crippen molar-refractivity contribution in [3.05, 3.63) is 47.3 Å². The summed E-state index contributed by atoms with van der Waals surface area (Å²) in [5.41, 5.74) is 3.26. The van der Waals surface area contributed by atoms with Crippen molar-refractivity contribution in [1.82, 2.24) is 5.43 Å². The lowest BCUT2D eigenvalue weighted by molar-refractivity contribution is 0.483. The first-order valence-corrected chi connectivity index (χ1v) is 5.56. The van der Waals surface area contributed by atoms with Crippen molar-refractivity contribution in [3.63, 3.8) is 0 Å². The zero-order chi connectivity index (χ0) is 12.0. The molecule has 0 fully saturated rings. The van der Waals surface area contributed by atoms with Crippen molar-refractivity contribution < 1.29 is 4.39 Å². The lowest BCUT2D eigenvalue weighted by Crippen LogP contribution is -2.36. The summed E-state index contributed by atoms with van der Waals surface area (Å²) in [4.78, 5) is 0. The molecule has 1 aromatic carbocycles. The van der Waals surface area contributed by atoms with Gasteiger partial charge in [0.25, 0.3) is 0 Å². The average molecular weight is 243 g/mol. The van der Waals surface area contributed by atoms with E-state index >= 15 is 0 Å². The van der Waals surface area contributed by atoms with E-state index in [2.05, 4.69) is 12.0 Å². The standard InChI is InChI=1S/C12H16ClFN2/c1-2-3-6-10(16-15)8-9-5-4-7-11(13)12(9)14/h2,4-5,7,10,16H,1,3,6,8,15H2. The minimum Gasteiger partial charge on any atom is -0.271 e. The van der Waals surface area contributed by atoms with Crippen molar-refractivity contribution in [2.75, 3.05) is 0 Å². The number of allylic oxidation sites excluding steroid dienone is 1. The third-order valence-electron chi connectivity index (χ3n) is 2.45. The molecule has 0 aliphatic carbocycles. The Morgan fingerprint density at radius 2 is 2.31 bits per heavy atom. The Bertz CT molecular complexity index is 355. The highest BCUT2D eigenvalue weighted by Gasteiger charge is 2.12. The molecule has 0 radical (unpaired) electrons. The van der Waals surface area contributed by atoms with Gasteiger partial charge in [0.1, 0.15) is 5.82 Å². The Labute approximate surface area is 100 Å². The molecule has 0 bridgehead atoms. The van der Waals surface area contributed by atoms with E-state index in [1.807, 2.05) is 6.08 Å². The fourth-order valence-electron chi connectivity index (χ4n) is 1.53. The summed E-state index contributed by atoms with van der Waals surface area (Å²) in [6.07, 6.45) is 4.01. The molecular weight excluding hydrogens is 227 g/mol. The molecule has 0 saturated heterocycles. The monoisotopic (exact) mass is 242 g/mol. The van der Waals surface area contributed by atoms with E-state index < -0.39 is 0 Å². The van der Waals surface area contributed by atoms with Gasteiger partial charge in [-0.25, -0.2) is 4.39 Å². The van der Waals surface area contributed by atoms with Gasteiger partial charge in [0.05, 0.1) is 5.02 Å². The van der Waals surface area contributed by atoms with Crippen LogP contribution in [0.15, 0.2) is 30.9 Å². The van der Waals surface area contributed by atoms with Crippen molar-refractivity contribution in [2.24, 2.45) is 5.84 Å². The van der Waals surface area contributed by atoms with Crippen LogP contribution in [0.5, 0.6) is 0 Å². The summed E-state index contributed by atoms with van der Waals surface area (Å²) in [6, 6.07) is 5.03. The summed E-state index contributed by atoms with van der Waals surface area (Å²) in [7, 11) is 0. The molecule has 0 aromatic heterocycles. The molecule has 1 unspecified atom stereocenters. The van der Waals surface area contributed by atoms with Crippen LogP contribution in [0.1, 0.15) is 18.4 Å². The molecule has 0 heterocycles. The SMILES string of the molecule is C=CCCC(Cc1cccc(Cl)c1F)NN. The van der Waals surface area contributed by atoms with Crippen LogP contribution in [-0.4, -0.2) is 6.04 Å². The Morgan fingerprint density at radius 1 is 1.56 bits per heavy atom. The van der Waals surface area contributed by atoms with Crippen LogP contribution >= 0.6 is 11.6 Å². The summed E-state index contributed by atoms with van der Waals surface area (Å²) in [5, 5.41) is 0.150. The van der Waals surface area contributed by atoms with Crippen LogP contribution in [0.3, 0.4) is 0 Å². The number of nitrogens with one attached hydrogen (secondary N) is 1. The predicted octanol–water partition coefficient (Wildman–Crippen LogP) is 2.82. The van der Waals surface area contributed by atoms with Crippen molar-refractivity contribution in [3.8, 4) is 0 Å². The summed E-state index contributed by atoms with van der Waals surface area (Å²) >= 11 is 5.70.